The molecule has 2 aromatic rings. The van der Waals surface area contributed by atoms with Gasteiger partial charge in [0.25, 0.3) is 0 Å². The maximum Gasteiger partial charge on any atom is 0.422 e. The van der Waals surface area contributed by atoms with Crippen LogP contribution >= 0.6 is 15.9 Å². The number of carboxylic acid groups (broad SMARTS) is 1. The Labute approximate surface area is 189 Å². The van der Waals surface area contributed by atoms with Gasteiger partial charge in [-0.1, -0.05) is 47.3 Å². The Hall–Kier alpha value is -2.03. The van der Waals surface area contributed by atoms with Gasteiger partial charge < -0.3 is 10.2 Å². The third-order valence-corrected chi connectivity index (χ3v) is 6.37. The van der Waals surface area contributed by atoms with Crippen molar-refractivity contribution < 1.29 is 23.8 Å². The van der Waals surface area contributed by atoms with Gasteiger partial charge in [0.15, 0.2) is 0 Å². The SMILES string of the molecule is CC(O)C(Cc1cc(F)cc(F)c1)N(NC1(c2cccc(Br)c2)CCCCC1)C(=O)O. The maximum atomic E-state index is 13.7. The Morgan fingerprint density at radius 1 is 1.16 bits per heavy atom. The largest absolute Gasteiger partial charge is 0.464 e. The molecule has 1 aliphatic rings. The van der Waals surface area contributed by atoms with E-state index in [1.54, 1.807) is 0 Å². The number of rotatable bonds is 7. The van der Waals surface area contributed by atoms with Gasteiger partial charge in [0.2, 0.25) is 0 Å². The van der Waals surface area contributed by atoms with Crippen molar-refractivity contribution in [3.63, 3.8) is 0 Å². The first-order valence-electron chi connectivity index (χ1n) is 10.4. The number of halogens is 3. The second-order valence-electron chi connectivity index (χ2n) is 8.21. The average molecular weight is 497 g/mol. The van der Waals surface area contributed by atoms with Crippen molar-refractivity contribution >= 4 is 22.0 Å². The zero-order chi connectivity index (χ0) is 22.6. The summed E-state index contributed by atoms with van der Waals surface area (Å²) in [7, 11) is 0. The summed E-state index contributed by atoms with van der Waals surface area (Å²) in [5, 5.41) is 21.5. The van der Waals surface area contributed by atoms with Crippen LogP contribution in [0.2, 0.25) is 0 Å². The van der Waals surface area contributed by atoms with Crippen molar-refractivity contribution in [3.05, 3.63) is 69.7 Å². The van der Waals surface area contributed by atoms with E-state index in [1.807, 2.05) is 24.3 Å². The molecule has 1 saturated carbocycles. The minimum atomic E-state index is -1.26. The quantitative estimate of drug-likeness (QED) is 0.451. The highest BCUT2D eigenvalue weighted by Crippen LogP contribution is 2.38. The van der Waals surface area contributed by atoms with Gasteiger partial charge in [-0.2, -0.15) is 0 Å². The van der Waals surface area contributed by atoms with Crippen LogP contribution in [0.15, 0.2) is 46.9 Å². The standard InChI is InChI=1S/C23H27BrF2N2O3/c1-15(29)21(12-16-10-19(25)14-20(26)11-16)28(22(30)31)27-23(8-3-2-4-9-23)17-6-5-7-18(24)13-17/h5-7,10-11,13-15,21,27,29H,2-4,8-9,12H2,1H3,(H,30,31). The van der Waals surface area contributed by atoms with Crippen LogP contribution in [-0.2, 0) is 12.0 Å². The highest BCUT2D eigenvalue weighted by Gasteiger charge is 2.40. The lowest BCUT2D eigenvalue weighted by Crippen LogP contribution is -2.61. The fourth-order valence-electron chi connectivity index (χ4n) is 4.36. The monoisotopic (exact) mass is 496 g/mol. The lowest BCUT2D eigenvalue weighted by Gasteiger charge is -2.44. The van der Waals surface area contributed by atoms with E-state index in [0.29, 0.717) is 0 Å². The molecule has 0 radical (unpaired) electrons. The number of benzene rings is 2. The highest BCUT2D eigenvalue weighted by molar-refractivity contribution is 9.10. The molecule has 3 rings (SSSR count). The van der Waals surface area contributed by atoms with E-state index in [9.17, 15) is 23.8 Å². The van der Waals surface area contributed by atoms with E-state index in [1.165, 1.54) is 6.92 Å². The van der Waals surface area contributed by atoms with Gasteiger partial charge in [0.1, 0.15) is 11.6 Å². The summed E-state index contributed by atoms with van der Waals surface area (Å²) in [6.07, 6.45) is 2.01. The van der Waals surface area contributed by atoms with Crippen molar-refractivity contribution in [1.82, 2.24) is 10.4 Å². The summed E-state index contributed by atoms with van der Waals surface area (Å²) in [5.41, 5.74) is 3.81. The Bertz CT molecular complexity index is 899. The maximum absolute atomic E-state index is 13.7. The van der Waals surface area contributed by atoms with E-state index in [4.69, 9.17) is 0 Å². The summed E-state index contributed by atoms with van der Waals surface area (Å²) in [6.45, 7) is 1.48. The predicted molar refractivity (Wildman–Crippen MR) is 117 cm³/mol. The first kappa shape index (κ1) is 23.6. The molecular weight excluding hydrogens is 470 g/mol. The number of hydrazine groups is 1. The van der Waals surface area contributed by atoms with E-state index in [2.05, 4.69) is 21.4 Å². The van der Waals surface area contributed by atoms with E-state index in [0.717, 1.165) is 65.3 Å². The second-order valence-corrected chi connectivity index (χ2v) is 9.12. The van der Waals surface area contributed by atoms with Gasteiger partial charge in [0, 0.05) is 10.5 Å². The number of nitrogens with zero attached hydrogens (tertiary/aromatic N) is 1. The van der Waals surface area contributed by atoms with Crippen LogP contribution in [0.1, 0.15) is 50.2 Å². The average Bonchev–Trinajstić information content (AvgIpc) is 2.70. The van der Waals surface area contributed by atoms with Gasteiger partial charge in [-0.15, -0.1) is 0 Å². The van der Waals surface area contributed by atoms with E-state index < -0.39 is 35.4 Å². The van der Waals surface area contributed by atoms with Crippen LogP contribution in [0.3, 0.4) is 0 Å². The van der Waals surface area contributed by atoms with E-state index in [-0.39, 0.29) is 12.0 Å². The van der Waals surface area contributed by atoms with Crippen LogP contribution in [-0.4, -0.2) is 33.5 Å². The van der Waals surface area contributed by atoms with Crippen molar-refractivity contribution in [2.75, 3.05) is 0 Å². The molecular formula is C23H27BrF2N2O3. The Morgan fingerprint density at radius 2 is 1.81 bits per heavy atom. The number of amides is 1. The molecule has 2 atom stereocenters. The molecule has 168 valence electrons. The van der Waals surface area contributed by atoms with Gasteiger partial charge in [-0.05, 0) is 61.6 Å². The zero-order valence-electron chi connectivity index (χ0n) is 17.3. The first-order chi connectivity index (χ1) is 14.7. The molecule has 0 spiro atoms. The van der Waals surface area contributed by atoms with Gasteiger partial charge in [-0.3, -0.25) is 0 Å². The number of aliphatic hydroxyl groups is 1. The zero-order valence-corrected chi connectivity index (χ0v) is 18.9. The molecule has 0 heterocycles. The summed E-state index contributed by atoms with van der Waals surface area (Å²) in [6, 6.07) is 9.88. The molecule has 1 aliphatic carbocycles. The minimum absolute atomic E-state index is 0.0415. The van der Waals surface area contributed by atoms with Crippen LogP contribution in [0.5, 0.6) is 0 Å². The Balaban J connectivity index is 1.96. The van der Waals surface area contributed by atoms with Crippen LogP contribution in [0.25, 0.3) is 0 Å². The lowest BCUT2D eigenvalue weighted by molar-refractivity contribution is -0.00538. The highest BCUT2D eigenvalue weighted by atomic mass is 79.9. The van der Waals surface area contributed by atoms with Gasteiger partial charge in [0.05, 0.1) is 17.7 Å². The van der Waals surface area contributed by atoms with Crippen LogP contribution < -0.4 is 5.43 Å². The molecule has 0 aliphatic heterocycles. The third-order valence-electron chi connectivity index (χ3n) is 5.88. The lowest BCUT2D eigenvalue weighted by atomic mass is 9.77. The van der Waals surface area contributed by atoms with Gasteiger partial charge >= 0.3 is 6.09 Å². The van der Waals surface area contributed by atoms with Crippen LogP contribution in [0, 0.1) is 11.6 Å². The molecule has 5 nitrogen and oxygen atoms in total. The van der Waals surface area contributed by atoms with Crippen molar-refractivity contribution in [2.45, 2.75) is 63.1 Å². The summed E-state index contributed by atoms with van der Waals surface area (Å²) in [4.78, 5) is 12.3. The number of hydrogen-bond acceptors (Lipinski definition) is 3. The molecule has 2 aromatic carbocycles. The Kier molecular flexibility index (Phi) is 7.67. The van der Waals surface area contributed by atoms with Crippen molar-refractivity contribution in [1.29, 1.82) is 0 Å². The topological polar surface area (TPSA) is 72.8 Å². The number of aliphatic hydroxyl groups excluding tert-OH is 1. The third kappa shape index (κ3) is 5.81. The first-order valence-corrected chi connectivity index (χ1v) is 11.2. The number of nitrogens with one attached hydrogen (secondary N) is 1. The molecule has 8 heteroatoms. The summed E-state index contributed by atoms with van der Waals surface area (Å²) in [5.74, 6) is -1.49. The summed E-state index contributed by atoms with van der Waals surface area (Å²) < 4.78 is 28.2. The smallest absolute Gasteiger partial charge is 0.422 e. The van der Waals surface area contributed by atoms with Crippen molar-refractivity contribution in [3.8, 4) is 0 Å². The second kappa shape index (κ2) is 10.1. The molecule has 3 N–H and O–H groups in total. The van der Waals surface area contributed by atoms with E-state index >= 15 is 0 Å². The molecule has 1 amide bonds. The number of carbonyl (C=O) groups is 1. The molecule has 0 bridgehead atoms. The normalized spacial score (nSPS) is 17.7. The van der Waals surface area contributed by atoms with Crippen LogP contribution in [0.4, 0.5) is 13.6 Å². The summed E-state index contributed by atoms with van der Waals surface area (Å²) >= 11 is 3.49. The predicted octanol–water partition coefficient (Wildman–Crippen LogP) is 5.36. The number of hydrogen-bond donors (Lipinski definition) is 3. The molecule has 0 aromatic heterocycles. The van der Waals surface area contributed by atoms with Gasteiger partial charge in [-0.25, -0.2) is 24.0 Å². The molecule has 1 fully saturated rings. The molecule has 0 saturated heterocycles. The Morgan fingerprint density at radius 3 is 2.35 bits per heavy atom. The fraction of sp³-hybridized carbons (Fsp3) is 0.435. The molecule has 2 unspecified atom stereocenters. The fourth-order valence-corrected chi connectivity index (χ4v) is 4.76. The minimum Gasteiger partial charge on any atom is -0.464 e. The molecule has 31 heavy (non-hydrogen) atoms. The van der Waals surface area contributed by atoms with Crippen molar-refractivity contribution in [2.24, 2.45) is 0 Å².